The van der Waals surface area contributed by atoms with Gasteiger partial charge in [-0.15, -0.1) is 0 Å². The van der Waals surface area contributed by atoms with Crippen molar-refractivity contribution in [1.29, 1.82) is 5.26 Å². The quantitative estimate of drug-likeness (QED) is 0.787. The smallest absolute Gasteiger partial charge is 0.255 e. The van der Waals surface area contributed by atoms with Crippen molar-refractivity contribution in [2.75, 3.05) is 13.1 Å². The van der Waals surface area contributed by atoms with Gasteiger partial charge in [0.25, 0.3) is 5.91 Å². The van der Waals surface area contributed by atoms with Crippen molar-refractivity contribution in [1.82, 2.24) is 15.1 Å². The van der Waals surface area contributed by atoms with Crippen molar-refractivity contribution in [3.05, 3.63) is 82.6 Å². The van der Waals surface area contributed by atoms with Gasteiger partial charge in [0.05, 0.1) is 11.6 Å². The van der Waals surface area contributed by atoms with Gasteiger partial charge in [-0.3, -0.25) is 14.5 Å². The minimum Gasteiger partial charge on any atom is -0.329 e. The molecule has 2 saturated heterocycles. The number of hydrogen-bond acceptors (Lipinski definition) is 4. The molecule has 0 aromatic heterocycles. The van der Waals surface area contributed by atoms with Crippen LogP contribution in [0.2, 0.25) is 0 Å². The molecule has 33 heavy (non-hydrogen) atoms. The van der Waals surface area contributed by atoms with Crippen molar-refractivity contribution in [3.63, 3.8) is 0 Å². The Bertz CT molecular complexity index is 1160. The second-order valence-electron chi connectivity index (χ2n) is 9.32. The molecule has 0 radical (unpaired) electrons. The number of allylic oxidation sites excluding steroid dienone is 1. The number of hydrogen-bond donors (Lipinski definition) is 1. The van der Waals surface area contributed by atoms with E-state index in [0.717, 1.165) is 60.4 Å². The number of rotatable bonds is 4. The van der Waals surface area contributed by atoms with Crippen LogP contribution in [0.25, 0.3) is 0 Å². The third-order valence-electron chi connectivity index (χ3n) is 7.25. The highest BCUT2D eigenvalue weighted by Crippen LogP contribution is 2.34. The maximum absolute atomic E-state index is 13.0. The first-order valence-corrected chi connectivity index (χ1v) is 11.7. The summed E-state index contributed by atoms with van der Waals surface area (Å²) in [7, 11) is 0. The molecular weight excluding hydrogens is 412 g/mol. The number of amides is 2. The van der Waals surface area contributed by atoms with Gasteiger partial charge in [0.15, 0.2) is 0 Å². The lowest BCUT2D eigenvalue weighted by molar-refractivity contribution is -0.126. The van der Waals surface area contributed by atoms with Crippen LogP contribution in [0.4, 0.5) is 0 Å². The molecule has 0 bridgehead atoms. The molecule has 0 spiro atoms. The molecule has 1 unspecified atom stereocenters. The Morgan fingerprint density at radius 2 is 1.88 bits per heavy atom. The third-order valence-corrected chi connectivity index (χ3v) is 7.25. The number of benzene rings is 2. The van der Waals surface area contributed by atoms with E-state index in [-0.39, 0.29) is 11.8 Å². The van der Waals surface area contributed by atoms with Gasteiger partial charge >= 0.3 is 0 Å². The molecule has 2 aromatic carbocycles. The first kappa shape index (κ1) is 21.4. The lowest BCUT2D eigenvalue weighted by atomic mass is 9.87. The standard InChI is InChI=1S/C27H28N4O2/c1-18-6-9-25(26(32)29-18)31-17-23-14-20(7-8-24(23)27(31)33)19-10-12-30(13-11-19)16-22-5-3-2-4-21(22)15-28/h2-5,7-8,14,19,25H,1,6,9-13,16-17H2,(H,29,32). The van der Waals surface area contributed by atoms with Gasteiger partial charge in [-0.1, -0.05) is 36.9 Å². The van der Waals surface area contributed by atoms with Gasteiger partial charge in [-0.2, -0.15) is 5.26 Å². The molecule has 0 aliphatic carbocycles. The molecule has 1 atom stereocenters. The van der Waals surface area contributed by atoms with Crippen molar-refractivity contribution < 1.29 is 9.59 Å². The summed E-state index contributed by atoms with van der Waals surface area (Å²) in [6.45, 7) is 7.10. The van der Waals surface area contributed by atoms with Crippen LogP contribution in [0, 0.1) is 11.3 Å². The Hall–Kier alpha value is -3.43. The number of likely N-dealkylation sites (tertiary alicyclic amines) is 1. The molecule has 5 rings (SSSR count). The van der Waals surface area contributed by atoms with Gasteiger partial charge in [0, 0.05) is 24.4 Å². The lowest BCUT2D eigenvalue weighted by Gasteiger charge is -2.32. The summed E-state index contributed by atoms with van der Waals surface area (Å²) in [6, 6.07) is 15.9. The van der Waals surface area contributed by atoms with Crippen molar-refractivity contribution >= 4 is 11.8 Å². The Kier molecular flexibility index (Phi) is 5.74. The molecular formula is C27H28N4O2. The first-order chi connectivity index (χ1) is 16.0. The van der Waals surface area contributed by atoms with Crippen molar-refractivity contribution in [2.45, 2.75) is 50.7 Å². The van der Waals surface area contributed by atoms with E-state index in [1.807, 2.05) is 30.3 Å². The number of carbonyl (C=O) groups excluding carboxylic acids is 2. The van der Waals surface area contributed by atoms with Gasteiger partial charge in [0.1, 0.15) is 6.04 Å². The van der Waals surface area contributed by atoms with Crippen LogP contribution >= 0.6 is 0 Å². The van der Waals surface area contributed by atoms with Crippen LogP contribution in [0.1, 0.15) is 64.2 Å². The average Bonchev–Trinajstić information content (AvgIpc) is 3.15. The van der Waals surface area contributed by atoms with E-state index in [1.165, 1.54) is 5.56 Å². The molecule has 1 N–H and O–H groups in total. The Morgan fingerprint density at radius 3 is 2.64 bits per heavy atom. The summed E-state index contributed by atoms with van der Waals surface area (Å²) < 4.78 is 0. The zero-order chi connectivity index (χ0) is 22.9. The summed E-state index contributed by atoms with van der Waals surface area (Å²) in [5, 5.41) is 12.1. The number of piperidine rings is 2. The van der Waals surface area contributed by atoms with Crippen LogP contribution in [0.5, 0.6) is 0 Å². The number of fused-ring (bicyclic) bond motifs is 1. The van der Waals surface area contributed by atoms with Crippen LogP contribution in [0.3, 0.4) is 0 Å². The van der Waals surface area contributed by atoms with Gasteiger partial charge in [-0.25, -0.2) is 0 Å². The number of nitrogens with one attached hydrogen (secondary N) is 1. The Morgan fingerprint density at radius 1 is 1.09 bits per heavy atom. The van der Waals surface area contributed by atoms with E-state index in [4.69, 9.17) is 0 Å². The molecule has 3 heterocycles. The predicted molar refractivity (Wildman–Crippen MR) is 125 cm³/mol. The van der Waals surface area contributed by atoms with Crippen molar-refractivity contribution in [3.8, 4) is 6.07 Å². The molecule has 3 aliphatic heterocycles. The molecule has 3 aliphatic rings. The van der Waals surface area contributed by atoms with E-state index in [0.29, 0.717) is 25.3 Å². The highest BCUT2D eigenvalue weighted by molar-refractivity contribution is 6.01. The molecule has 6 nitrogen and oxygen atoms in total. The van der Waals surface area contributed by atoms with E-state index in [9.17, 15) is 14.9 Å². The van der Waals surface area contributed by atoms with Crippen LogP contribution in [-0.2, 0) is 17.9 Å². The number of nitriles is 1. The molecule has 2 amide bonds. The first-order valence-electron chi connectivity index (χ1n) is 11.7. The number of carbonyl (C=O) groups is 2. The number of nitrogens with zero attached hydrogens (tertiary/aromatic N) is 3. The highest BCUT2D eigenvalue weighted by Gasteiger charge is 2.38. The van der Waals surface area contributed by atoms with E-state index < -0.39 is 6.04 Å². The van der Waals surface area contributed by atoms with Gasteiger partial charge in [-0.05, 0) is 73.5 Å². The van der Waals surface area contributed by atoms with Gasteiger partial charge < -0.3 is 10.2 Å². The monoisotopic (exact) mass is 440 g/mol. The normalized spacial score (nSPS) is 21.6. The fraction of sp³-hybridized carbons (Fsp3) is 0.370. The Balaban J connectivity index is 1.23. The van der Waals surface area contributed by atoms with Crippen LogP contribution < -0.4 is 5.32 Å². The zero-order valence-electron chi connectivity index (χ0n) is 18.7. The molecule has 2 fully saturated rings. The molecule has 0 saturated carbocycles. The molecule has 2 aromatic rings. The van der Waals surface area contributed by atoms with Crippen LogP contribution in [0.15, 0.2) is 54.7 Å². The maximum Gasteiger partial charge on any atom is 0.255 e. The Labute approximate surface area is 194 Å². The summed E-state index contributed by atoms with van der Waals surface area (Å²) >= 11 is 0. The summed E-state index contributed by atoms with van der Waals surface area (Å²) in [5.41, 5.74) is 5.60. The second-order valence-corrected chi connectivity index (χ2v) is 9.32. The molecule has 6 heteroatoms. The van der Waals surface area contributed by atoms with E-state index in [1.54, 1.807) is 4.90 Å². The SMILES string of the molecule is C=C1CCC(N2Cc3cc(C4CCN(Cc5ccccc5C#N)CC4)ccc3C2=O)C(=O)N1. The topological polar surface area (TPSA) is 76.4 Å². The third kappa shape index (κ3) is 4.17. The summed E-state index contributed by atoms with van der Waals surface area (Å²) in [5.74, 6) is 0.288. The van der Waals surface area contributed by atoms with Crippen LogP contribution in [-0.4, -0.2) is 40.7 Å². The fourth-order valence-electron chi connectivity index (χ4n) is 5.36. The molecule has 168 valence electrons. The summed E-state index contributed by atoms with van der Waals surface area (Å²) in [6.07, 6.45) is 3.44. The van der Waals surface area contributed by atoms with Crippen molar-refractivity contribution in [2.24, 2.45) is 0 Å². The second kappa shape index (κ2) is 8.84. The lowest BCUT2D eigenvalue weighted by Crippen LogP contribution is -2.49. The fourth-order valence-corrected chi connectivity index (χ4v) is 5.36. The maximum atomic E-state index is 13.0. The average molecular weight is 441 g/mol. The predicted octanol–water partition coefficient (Wildman–Crippen LogP) is 3.69. The van der Waals surface area contributed by atoms with Gasteiger partial charge in [0.2, 0.25) is 5.91 Å². The largest absolute Gasteiger partial charge is 0.329 e. The summed E-state index contributed by atoms with van der Waals surface area (Å²) in [4.78, 5) is 29.5. The minimum atomic E-state index is -0.418. The van der Waals surface area contributed by atoms with E-state index >= 15 is 0 Å². The minimum absolute atomic E-state index is 0.0461. The van der Waals surface area contributed by atoms with E-state index in [2.05, 4.69) is 35.0 Å². The zero-order valence-corrected chi connectivity index (χ0v) is 18.7. The highest BCUT2D eigenvalue weighted by atomic mass is 16.2.